The van der Waals surface area contributed by atoms with E-state index in [1.54, 1.807) is 17.0 Å². The molecule has 1 aromatic carbocycles. The molecule has 1 heterocycles. The third-order valence-corrected chi connectivity index (χ3v) is 2.40. The Morgan fingerprint density at radius 1 is 1.33 bits per heavy atom. The van der Waals surface area contributed by atoms with Crippen molar-refractivity contribution in [2.75, 3.05) is 23.8 Å². The molecule has 0 radical (unpaired) electrons. The third kappa shape index (κ3) is 2.04. The number of aliphatic hydroxyl groups excluding tert-OH is 2. The predicted octanol–water partition coefficient (Wildman–Crippen LogP) is -0.258. The average molecular weight is 210 g/mol. The lowest BCUT2D eigenvalue weighted by Gasteiger charge is -2.36. The zero-order valence-corrected chi connectivity index (χ0v) is 8.21. The van der Waals surface area contributed by atoms with Crippen molar-refractivity contribution in [3.8, 4) is 0 Å². The van der Waals surface area contributed by atoms with Crippen LogP contribution in [0.15, 0.2) is 24.3 Å². The fourth-order valence-corrected chi connectivity index (χ4v) is 1.64. The molecule has 2 unspecified atom stereocenters. The summed E-state index contributed by atoms with van der Waals surface area (Å²) in [5, 5.41) is 19.0. The number of nitrogens with zero attached hydrogens (tertiary/aromatic N) is 1. The number of ether oxygens (including phenoxy) is 1. The molecule has 1 fully saturated rings. The lowest BCUT2D eigenvalue weighted by Crippen LogP contribution is -2.50. The van der Waals surface area contributed by atoms with Crippen molar-refractivity contribution >= 4 is 11.4 Å². The minimum Gasteiger partial charge on any atom is -0.397 e. The molecule has 1 saturated heterocycles. The number of anilines is 2. The van der Waals surface area contributed by atoms with E-state index in [0.717, 1.165) is 0 Å². The normalized spacial score (nSPS) is 26.7. The second-order valence-corrected chi connectivity index (χ2v) is 3.48. The Morgan fingerprint density at radius 3 is 2.80 bits per heavy atom. The van der Waals surface area contributed by atoms with Gasteiger partial charge < -0.3 is 25.6 Å². The lowest BCUT2D eigenvalue weighted by molar-refractivity contribution is -0.142. The first-order chi connectivity index (χ1) is 7.18. The van der Waals surface area contributed by atoms with Crippen molar-refractivity contribution in [1.82, 2.24) is 0 Å². The van der Waals surface area contributed by atoms with Gasteiger partial charge >= 0.3 is 0 Å². The minimum atomic E-state index is -0.881. The van der Waals surface area contributed by atoms with Gasteiger partial charge in [-0.05, 0) is 12.1 Å². The van der Waals surface area contributed by atoms with Crippen LogP contribution in [0.25, 0.3) is 0 Å². The van der Waals surface area contributed by atoms with Crippen LogP contribution in [0.3, 0.4) is 0 Å². The Kier molecular flexibility index (Phi) is 2.77. The summed E-state index contributed by atoms with van der Waals surface area (Å²) in [7, 11) is 0. The van der Waals surface area contributed by atoms with Crippen LogP contribution in [0.1, 0.15) is 0 Å². The van der Waals surface area contributed by atoms with Crippen LogP contribution in [-0.4, -0.2) is 35.9 Å². The highest BCUT2D eigenvalue weighted by atomic mass is 16.6. The van der Waals surface area contributed by atoms with Crippen LogP contribution >= 0.6 is 0 Å². The molecule has 1 aliphatic rings. The van der Waals surface area contributed by atoms with Crippen LogP contribution in [0, 0.1) is 0 Å². The van der Waals surface area contributed by atoms with Crippen LogP contribution in [0.5, 0.6) is 0 Å². The van der Waals surface area contributed by atoms with Crippen molar-refractivity contribution in [3.05, 3.63) is 24.3 Å². The highest BCUT2D eigenvalue weighted by Crippen LogP contribution is 2.26. The van der Waals surface area contributed by atoms with Gasteiger partial charge in [0.05, 0.1) is 24.5 Å². The fourth-order valence-electron chi connectivity index (χ4n) is 1.64. The molecule has 5 heteroatoms. The number of nitrogens with two attached hydrogens (primary N) is 1. The summed E-state index contributed by atoms with van der Waals surface area (Å²) >= 11 is 0. The van der Waals surface area contributed by atoms with Crippen LogP contribution in [-0.2, 0) is 4.74 Å². The van der Waals surface area contributed by atoms with Crippen molar-refractivity contribution in [2.24, 2.45) is 0 Å². The maximum absolute atomic E-state index is 9.70. The SMILES string of the molecule is Nc1ccccc1N1CC(O)OCC1O. The van der Waals surface area contributed by atoms with Gasteiger partial charge in [0, 0.05) is 0 Å². The van der Waals surface area contributed by atoms with Gasteiger partial charge in [0.25, 0.3) is 0 Å². The minimum absolute atomic E-state index is 0.0789. The van der Waals surface area contributed by atoms with E-state index < -0.39 is 12.5 Å². The number of para-hydroxylation sites is 2. The first-order valence-electron chi connectivity index (χ1n) is 4.77. The first-order valence-corrected chi connectivity index (χ1v) is 4.77. The number of hydrogen-bond donors (Lipinski definition) is 3. The predicted molar refractivity (Wildman–Crippen MR) is 56.2 cm³/mol. The van der Waals surface area contributed by atoms with E-state index in [2.05, 4.69) is 0 Å². The summed E-state index contributed by atoms with van der Waals surface area (Å²) in [6, 6.07) is 7.21. The molecule has 1 aliphatic heterocycles. The van der Waals surface area contributed by atoms with Gasteiger partial charge in [-0.3, -0.25) is 0 Å². The summed E-state index contributed by atoms with van der Waals surface area (Å²) in [6.45, 7) is 0.297. The standard InChI is InChI=1S/C10H14N2O3/c11-7-3-1-2-4-8(7)12-5-10(14)15-6-9(12)13/h1-4,9-10,13-14H,5-6,11H2. The highest BCUT2D eigenvalue weighted by Gasteiger charge is 2.27. The van der Waals surface area contributed by atoms with Gasteiger partial charge in [0.1, 0.15) is 0 Å². The van der Waals surface area contributed by atoms with Crippen molar-refractivity contribution in [2.45, 2.75) is 12.5 Å². The number of hydrogen-bond acceptors (Lipinski definition) is 5. The number of β-amino-alcohol motifs (C(OH)–C–C–N with tert-alkyl or cyclic N) is 1. The Morgan fingerprint density at radius 2 is 2.07 bits per heavy atom. The summed E-state index contributed by atoms with van der Waals surface area (Å²) in [5.74, 6) is 0. The summed E-state index contributed by atoms with van der Waals surface area (Å²) in [4.78, 5) is 1.63. The van der Waals surface area contributed by atoms with Crippen molar-refractivity contribution in [1.29, 1.82) is 0 Å². The molecular formula is C10H14N2O3. The smallest absolute Gasteiger partial charge is 0.172 e. The molecule has 15 heavy (non-hydrogen) atoms. The molecule has 5 nitrogen and oxygen atoms in total. The second-order valence-electron chi connectivity index (χ2n) is 3.48. The first kappa shape index (κ1) is 10.2. The third-order valence-electron chi connectivity index (χ3n) is 2.40. The highest BCUT2D eigenvalue weighted by molar-refractivity contribution is 5.67. The molecule has 0 aromatic heterocycles. The molecule has 0 amide bonds. The van der Waals surface area contributed by atoms with Crippen LogP contribution < -0.4 is 10.6 Å². The Hall–Kier alpha value is -1.30. The van der Waals surface area contributed by atoms with Gasteiger partial charge in [-0.25, -0.2) is 0 Å². The van der Waals surface area contributed by atoms with Crippen LogP contribution in [0.2, 0.25) is 0 Å². The fraction of sp³-hybridized carbons (Fsp3) is 0.400. The summed E-state index contributed by atoms with van der Waals surface area (Å²) in [6.07, 6.45) is -1.65. The second kappa shape index (κ2) is 4.06. The molecule has 4 N–H and O–H groups in total. The lowest BCUT2D eigenvalue weighted by atomic mass is 10.2. The van der Waals surface area contributed by atoms with Gasteiger partial charge in [0.2, 0.25) is 0 Å². The molecule has 0 bridgehead atoms. The average Bonchev–Trinajstić information content (AvgIpc) is 2.23. The van der Waals surface area contributed by atoms with Gasteiger partial charge in [-0.1, -0.05) is 12.1 Å². The Balaban J connectivity index is 2.25. The van der Waals surface area contributed by atoms with Crippen molar-refractivity contribution < 1.29 is 14.9 Å². The quantitative estimate of drug-likeness (QED) is 0.557. The largest absolute Gasteiger partial charge is 0.397 e. The Labute approximate surface area is 87.7 Å². The monoisotopic (exact) mass is 210 g/mol. The van der Waals surface area contributed by atoms with E-state index in [1.165, 1.54) is 0 Å². The van der Waals surface area contributed by atoms with E-state index in [9.17, 15) is 10.2 Å². The molecule has 1 aromatic rings. The molecule has 0 aliphatic carbocycles. The van der Waals surface area contributed by atoms with E-state index in [1.807, 2.05) is 12.1 Å². The molecule has 82 valence electrons. The molecule has 0 saturated carbocycles. The zero-order chi connectivity index (χ0) is 10.8. The van der Waals surface area contributed by atoms with Gasteiger partial charge in [-0.15, -0.1) is 0 Å². The summed E-state index contributed by atoms with van der Waals surface area (Å²) < 4.78 is 4.90. The van der Waals surface area contributed by atoms with E-state index >= 15 is 0 Å². The van der Waals surface area contributed by atoms with E-state index in [4.69, 9.17) is 10.5 Å². The van der Waals surface area contributed by atoms with Crippen LogP contribution in [0.4, 0.5) is 11.4 Å². The van der Waals surface area contributed by atoms with Gasteiger partial charge in [0.15, 0.2) is 12.5 Å². The maximum Gasteiger partial charge on any atom is 0.172 e. The molecule has 2 atom stereocenters. The molecule has 2 rings (SSSR count). The number of benzene rings is 1. The maximum atomic E-state index is 9.70. The number of aliphatic hydroxyl groups is 2. The van der Waals surface area contributed by atoms with E-state index in [-0.39, 0.29) is 13.2 Å². The summed E-state index contributed by atoms with van der Waals surface area (Å²) in [5.41, 5.74) is 7.07. The van der Waals surface area contributed by atoms with E-state index in [0.29, 0.717) is 11.4 Å². The topological polar surface area (TPSA) is 79.0 Å². The molecular weight excluding hydrogens is 196 g/mol. The van der Waals surface area contributed by atoms with Gasteiger partial charge in [-0.2, -0.15) is 0 Å². The number of morpholine rings is 1. The number of rotatable bonds is 1. The molecule has 0 spiro atoms. The van der Waals surface area contributed by atoms with Crippen molar-refractivity contribution in [3.63, 3.8) is 0 Å². The number of nitrogen functional groups attached to an aromatic ring is 1. The Bertz CT molecular complexity index is 345. The zero-order valence-electron chi connectivity index (χ0n) is 8.21.